The molecular weight excluding hydrogens is 540 g/mol. The van der Waals surface area contributed by atoms with Crippen molar-refractivity contribution in [1.82, 2.24) is 0 Å². The number of rotatable bonds is 3. The molecule has 0 nitrogen and oxygen atoms in total. The van der Waals surface area contributed by atoms with Crippen LogP contribution in [0.25, 0.3) is 87.2 Å². The van der Waals surface area contributed by atoms with E-state index in [0.717, 1.165) is 0 Å². The summed E-state index contributed by atoms with van der Waals surface area (Å²) in [5, 5.41) is 12.9. The van der Waals surface area contributed by atoms with Crippen molar-refractivity contribution in [2.45, 2.75) is 6.92 Å². The van der Waals surface area contributed by atoms with Crippen LogP contribution in [-0.2, 0) is 0 Å². The second-order valence-electron chi connectivity index (χ2n) is 12.1. The Hall–Kier alpha value is -5.72. The van der Waals surface area contributed by atoms with Crippen molar-refractivity contribution in [3.8, 4) is 33.4 Å². The molecule has 9 aromatic rings. The van der Waals surface area contributed by atoms with Gasteiger partial charge in [-0.2, -0.15) is 0 Å². The Bertz CT molecular complexity index is 2470. The average Bonchev–Trinajstić information content (AvgIpc) is 3.11. The van der Waals surface area contributed by atoms with Crippen LogP contribution < -0.4 is 0 Å². The van der Waals surface area contributed by atoms with Gasteiger partial charge in [-0.15, -0.1) is 0 Å². The Morgan fingerprint density at radius 3 is 0.978 bits per heavy atom. The molecule has 0 aliphatic carbocycles. The normalized spacial score (nSPS) is 11.7. The predicted octanol–water partition coefficient (Wildman–Crippen LogP) is 12.8. The molecule has 0 fully saturated rings. The van der Waals surface area contributed by atoms with Crippen molar-refractivity contribution >= 4 is 53.9 Å². The number of benzene rings is 9. The van der Waals surface area contributed by atoms with E-state index in [2.05, 4.69) is 171 Å². The summed E-state index contributed by atoms with van der Waals surface area (Å²) in [6, 6.07) is 60.2. The van der Waals surface area contributed by atoms with E-state index in [1.165, 1.54) is 92.8 Å². The van der Waals surface area contributed by atoms with E-state index < -0.39 is 0 Å². The lowest BCUT2D eigenvalue weighted by molar-refractivity contribution is 1.58. The fourth-order valence-corrected chi connectivity index (χ4v) is 7.57. The van der Waals surface area contributed by atoms with Crippen LogP contribution in [0.4, 0.5) is 0 Å². The molecule has 9 aromatic carbocycles. The van der Waals surface area contributed by atoms with Crippen LogP contribution in [0.5, 0.6) is 0 Å². The van der Waals surface area contributed by atoms with Crippen molar-refractivity contribution < 1.29 is 0 Å². The van der Waals surface area contributed by atoms with Gasteiger partial charge in [-0.25, -0.2) is 0 Å². The first kappa shape index (κ1) is 25.7. The largest absolute Gasteiger partial charge is 0.0622 e. The molecule has 0 bridgehead atoms. The van der Waals surface area contributed by atoms with Crippen LogP contribution in [0.2, 0.25) is 0 Å². The summed E-state index contributed by atoms with van der Waals surface area (Å²) in [6.45, 7) is 2.25. The van der Waals surface area contributed by atoms with E-state index in [0.29, 0.717) is 0 Å². The zero-order valence-corrected chi connectivity index (χ0v) is 25.1. The molecule has 0 atom stereocenters. The zero-order chi connectivity index (χ0) is 29.9. The Morgan fingerprint density at radius 2 is 0.578 bits per heavy atom. The molecule has 0 aliphatic heterocycles. The Morgan fingerprint density at radius 1 is 0.267 bits per heavy atom. The maximum atomic E-state index is 2.38. The molecular formula is C45H30. The third-order valence-electron chi connectivity index (χ3n) is 9.61. The standard InChI is InChI=1S/C45H30/c1-29-35-15-5-7-17-37(35)44(38-18-8-6-16-36(29)38)33-25-23-32-28-34(26-24-31(32)27-33)45-41-21-11-9-19-39(41)43(30-13-3-2-4-14-30)40-20-10-12-22-42(40)45/h2-28H,1H3. The van der Waals surface area contributed by atoms with E-state index in [1.54, 1.807) is 0 Å². The maximum Gasteiger partial charge on any atom is -0.00262 e. The molecule has 0 spiro atoms. The molecule has 9 rings (SSSR count). The van der Waals surface area contributed by atoms with Gasteiger partial charge < -0.3 is 0 Å². The van der Waals surface area contributed by atoms with Gasteiger partial charge in [0, 0.05) is 0 Å². The smallest absolute Gasteiger partial charge is 0.00262 e. The van der Waals surface area contributed by atoms with Crippen molar-refractivity contribution in [1.29, 1.82) is 0 Å². The maximum absolute atomic E-state index is 2.38. The molecule has 0 aliphatic rings. The topological polar surface area (TPSA) is 0 Å². The highest BCUT2D eigenvalue weighted by molar-refractivity contribution is 6.22. The summed E-state index contributed by atoms with van der Waals surface area (Å²) in [6.07, 6.45) is 0. The van der Waals surface area contributed by atoms with Gasteiger partial charge in [0.1, 0.15) is 0 Å². The molecule has 0 unspecified atom stereocenters. The Labute approximate surface area is 262 Å². The average molecular weight is 571 g/mol. The lowest BCUT2D eigenvalue weighted by Gasteiger charge is -2.18. The van der Waals surface area contributed by atoms with Crippen LogP contribution >= 0.6 is 0 Å². The first-order valence-electron chi connectivity index (χ1n) is 15.7. The van der Waals surface area contributed by atoms with Crippen molar-refractivity contribution in [3.63, 3.8) is 0 Å². The molecule has 0 saturated carbocycles. The van der Waals surface area contributed by atoms with Crippen molar-refractivity contribution in [2.75, 3.05) is 0 Å². The van der Waals surface area contributed by atoms with Gasteiger partial charge in [-0.3, -0.25) is 0 Å². The molecule has 0 amide bonds. The minimum atomic E-state index is 1.24. The molecule has 0 heterocycles. The molecule has 0 heteroatoms. The van der Waals surface area contributed by atoms with E-state index >= 15 is 0 Å². The lowest BCUT2D eigenvalue weighted by atomic mass is 9.85. The Kier molecular flexibility index (Phi) is 5.83. The van der Waals surface area contributed by atoms with Crippen molar-refractivity contribution in [3.05, 3.63) is 169 Å². The summed E-state index contributed by atoms with van der Waals surface area (Å²) in [5.41, 5.74) is 8.99. The van der Waals surface area contributed by atoms with Gasteiger partial charge >= 0.3 is 0 Å². The van der Waals surface area contributed by atoms with Gasteiger partial charge in [0.15, 0.2) is 0 Å². The minimum absolute atomic E-state index is 1.24. The van der Waals surface area contributed by atoms with Gasteiger partial charge in [-0.05, 0) is 112 Å². The van der Waals surface area contributed by atoms with Crippen LogP contribution in [0, 0.1) is 6.92 Å². The van der Waals surface area contributed by atoms with E-state index in [4.69, 9.17) is 0 Å². The Balaban J connectivity index is 1.27. The van der Waals surface area contributed by atoms with Gasteiger partial charge in [0.05, 0.1) is 0 Å². The fourth-order valence-electron chi connectivity index (χ4n) is 7.57. The van der Waals surface area contributed by atoms with Gasteiger partial charge in [-0.1, -0.05) is 152 Å². The molecule has 0 N–H and O–H groups in total. The third kappa shape index (κ3) is 4.00. The molecule has 0 saturated heterocycles. The van der Waals surface area contributed by atoms with Crippen molar-refractivity contribution in [2.24, 2.45) is 0 Å². The number of hydrogen-bond acceptors (Lipinski definition) is 0. The monoisotopic (exact) mass is 570 g/mol. The quantitative estimate of drug-likeness (QED) is 0.185. The fraction of sp³-hybridized carbons (Fsp3) is 0.0222. The third-order valence-corrected chi connectivity index (χ3v) is 9.61. The van der Waals surface area contributed by atoms with Crippen LogP contribution in [0.15, 0.2) is 164 Å². The van der Waals surface area contributed by atoms with Crippen LogP contribution in [0.1, 0.15) is 5.56 Å². The molecule has 0 aromatic heterocycles. The number of hydrogen-bond donors (Lipinski definition) is 0. The molecule has 0 radical (unpaired) electrons. The highest BCUT2D eigenvalue weighted by Gasteiger charge is 2.17. The highest BCUT2D eigenvalue weighted by Crippen LogP contribution is 2.45. The van der Waals surface area contributed by atoms with E-state index in [9.17, 15) is 0 Å². The first-order valence-corrected chi connectivity index (χ1v) is 15.7. The first-order chi connectivity index (χ1) is 22.3. The second-order valence-corrected chi connectivity index (χ2v) is 12.1. The van der Waals surface area contributed by atoms with Crippen LogP contribution in [0.3, 0.4) is 0 Å². The predicted molar refractivity (Wildman–Crippen MR) is 195 cm³/mol. The highest BCUT2D eigenvalue weighted by atomic mass is 14.2. The molecule has 210 valence electrons. The zero-order valence-electron chi connectivity index (χ0n) is 25.1. The summed E-state index contributed by atoms with van der Waals surface area (Å²) in [7, 11) is 0. The SMILES string of the molecule is Cc1c2ccccc2c(-c2ccc3cc(-c4c5ccccc5c(-c5ccccc5)c5ccccc45)ccc3c2)c2ccccc12. The summed E-state index contributed by atoms with van der Waals surface area (Å²) in [5.74, 6) is 0. The summed E-state index contributed by atoms with van der Waals surface area (Å²) in [4.78, 5) is 0. The van der Waals surface area contributed by atoms with E-state index in [-0.39, 0.29) is 0 Å². The lowest BCUT2D eigenvalue weighted by Crippen LogP contribution is -1.91. The van der Waals surface area contributed by atoms with Gasteiger partial charge in [0.25, 0.3) is 0 Å². The minimum Gasteiger partial charge on any atom is -0.0622 e. The summed E-state index contributed by atoms with van der Waals surface area (Å²) >= 11 is 0. The summed E-state index contributed by atoms with van der Waals surface area (Å²) < 4.78 is 0. The second kappa shape index (κ2) is 10.2. The number of fused-ring (bicyclic) bond motifs is 5. The van der Waals surface area contributed by atoms with E-state index in [1.807, 2.05) is 0 Å². The molecule has 45 heavy (non-hydrogen) atoms. The number of aryl methyl sites for hydroxylation is 1. The van der Waals surface area contributed by atoms with Crippen LogP contribution in [-0.4, -0.2) is 0 Å². The van der Waals surface area contributed by atoms with Gasteiger partial charge in [0.2, 0.25) is 0 Å².